The summed E-state index contributed by atoms with van der Waals surface area (Å²) >= 11 is 0. The molecule has 1 aliphatic heterocycles. The zero-order valence-electron chi connectivity index (χ0n) is 12.3. The summed E-state index contributed by atoms with van der Waals surface area (Å²) in [4.78, 5) is 25.8. The van der Waals surface area contributed by atoms with Crippen molar-refractivity contribution < 1.29 is 18.7 Å². The van der Waals surface area contributed by atoms with E-state index in [4.69, 9.17) is 4.74 Å². The quantitative estimate of drug-likeness (QED) is 0.869. The predicted octanol–water partition coefficient (Wildman–Crippen LogP) is 2.46. The standard InChI is InChI=1S/C16H19FN2O3/c17-12-5-4-6-13(11-12)22-10-9-19-14(20)16(18-15(19)21)7-2-1-3-8-16/h4-6,11H,1-3,7-10H2,(H,18,21). The van der Waals surface area contributed by atoms with Crippen LogP contribution in [-0.2, 0) is 4.79 Å². The van der Waals surface area contributed by atoms with Crippen LogP contribution in [0.1, 0.15) is 32.1 Å². The molecule has 0 atom stereocenters. The molecule has 6 heteroatoms. The number of nitrogens with one attached hydrogen (secondary N) is 1. The third-order valence-corrected chi connectivity index (χ3v) is 4.33. The van der Waals surface area contributed by atoms with Crippen molar-refractivity contribution in [2.45, 2.75) is 37.6 Å². The summed E-state index contributed by atoms with van der Waals surface area (Å²) in [6, 6.07) is 5.44. The van der Waals surface area contributed by atoms with E-state index in [2.05, 4.69) is 5.32 Å². The molecular formula is C16H19FN2O3. The second-order valence-electron chi connectivity index (χ2n) is 5.84. The molecule has 5 nitrogen and oxygen atoms in total. The SMILES string of the molecule is O=C1NC2(CCCCC2)C(=O)N1CCOc1cccc(F)c1. The van der Waals surface area contributed by atoms with Crippen molar-refractivity contribution in [3.63, 3.8) is 0 Å². The monoisotopic (exact) mass is 306 g/mol. The van der Waals surface area contributed by atoms with Crippen molar-refractivity contribution in [1.29, 1.82) is 0 Å². The Morgan fingerprint density at radius 3 is 2.73 bits per heavy atom. The molecule has 22 heavy (non-hydrogen) atoms. The Bertz CT molecular complexity index is 585. The molecule has 1 heterocycles. The molecular weight excluding hydrogens is 287 g/mol. The smallest absolute Gasteiger partial charge is 0.325 e. The summed E-state index contributed by atoms with van der Waals surface area (Å²) < 4.78 is 18.5. The van der Waals surface area contributed by atoms with Gasteiger partial charge in [0.1, 0.15) is 23.7 Å². The molecule has 2 fully saturated rings. The molecule has 1 spiro atoms. The lowest BCUT2D eigenvalue weighted by atomic mass is 9.82. The second-order valence-corrected chi connectivity index (χ2v) is 5.84. The number of hydrogen-bond donors (Lipinski definition) is 1. The largest absolute Gasteiger partial charge is 0.492 e. The lowest BCUT2D eigenvalue weighted by Crippen LogP contribution is -2.48. The third-order valence-electron chi connectivity index (χ3n) is 4.33. The van der Waals surface area contributed by atoms with Gasteiger partial charge in [-0.1, -0.05) is 25.3 Å². The molecule has 1 saturated carbocycles. The van der Waals surface area contributed by atoms with E-state index in [-0.39, 0.29) is 30.9 Å². The minimum Gasteiger partial charge on any atom is -0.492 e. The fourth-order valence-electron chi connectivity index (χ4n) is 3.19. The van der Waals surface area contributed by atoms with Gasteiger partial charge in [-0.15, -0.1) is 0 Å². The van der Waals surface area contributed by atoms with Crippen molar-refractivity contribution >= 4 is 11.9 Å². The fraction of sp³-hybridized carbons (Fsp3) is 0.500. The Morgan fingerprint density at radius 1 is 1.23 bits per heavy atom. The maximum absolute atomic E-state index is 13.0. The first-order chi connectivity index (χ1) is 10.6. The molecule has 0 unspecified atom stereocenters. The van der Waals surface area contributed by atoms with Gasteiger partial charge in [0.15, 0.2) is 0 Å². The Kier molecular flexibility index (Phi) is 4.00. The molecule has 3 rings (SSSR count). The number of rotatable bonds is 4. The van der Waals surface area contributed by atoms with Gasteiger partial charge >= 0.3 is 6.03 Å². The molecule has 1 N–H and O–H groups in total. The molecule has 2 aliphatic rings. The first-order valence-electron chi connectivity index (χ1n) is 7.63. The Balaban J connectivity index is 1.58. The fourth-order valence-corrected chi connectivity index (χ4v) is 3.19. The van der Waals surface area contributed by atoms with E-state index < -0.39 is 5.54 Å². The van der Waals surface area contributed by atoms with E-state index >= 15 is 0 Å². The first-order valence-corrected chi connectivity index (χ1v) is 7.63. The van der Waals surface area contributed by atoms with E-state index in [0.717, 1.165) is 19.3 Å². The van der Waals surface area contributed by atoms with Gasteiger partial charge in [-0.05, 0) is 25.0 Å². The molecule has 118 valence electrons. The van der Waals surface area contributed by atoms with Crippen LogP contribution in [0.15, 0.2) is 24.3 Å². The van der Waals surface area contributed by atoms with Gasteiger partial charge in [-0.25, -0.2) is 9.18 Å². The number of carbonyl (C=O) groups is 2. The highest BCUT2D eigenvalue weighted by Crippen LogP contribution is 2.33. The predicted molar refractivity (Wildman–Crippen MR) is 78.0 cm³/mol. The Hall–Kier alpha value is -2.11. The summed E-state index contributed by atoms with van der Waals surface area (Å²) in [5.41, 5.74) is -0.700. The number of halogens is 1. The van der Waals surface area contributed by atoms with Crippen molar-refractivity contribution in [2.24, 2.45) is 0 Å². The molecule has 3 amide bonds. The zero-order chi connectivity index (χ0) is 15.6. The van der Waals surface area contributed by atoms with E-state index in [1.165, 1.54) is 17.0 Å². The van der Waals surface area contributed by atoms with Crippen molar-refractivity contribution in [3.05, 3.63) is 30.1 Å². The van der Waals surface area contributed by atoms with Gasteiger partial charge in [-0.3, -0.25) is 9.69 Å². The molecule has 1 aromatic carbocycles. The first kappa shape index (κ1) is 14.8. The molecule has 0 radical (unpaired) electrons. The number of urea groups is 1. The lowest BCUT2D eigenvalue weighted by molar-refractivity contribution is -0.132. The van der Waals surface area contributed by atoms with Crippen LogP contribution in [0.25, 0.3) is 0 Å². The van der Waals surface area contributed by atoms with Gasteiger partial charge in [0.2, 0.25) is 0 Å². The Labute approximate surface area is 128 Å². The number of imide groups is 1. The van der Waals surface area contributed by atoms with Crippen molar-refractivity contribution in [3.8, 4) is 5.75 Å². The van der Waals surface area contributed by atoms with Gasteiger partial charge < -0.3 is 10.1 Å². The summed E-state index contributed by atoms with van der Waals surface area (Å²) in [5, 5.41) is 2.85. The maximum atomic E-state index is 13.0. The maximum Gasteiger partial charge on any atom is 0.325 e. The summed E-state index contributed by atoms with van der Waals surface area (Å²) in [5.74, 6) is -0.145. The molecule has 1 saturated heterocycles. The minimum atomic E-state index is -0.700. The summed E-state index contributed by atoms with van der Waals surface area (Å²) in [6.45, 7) is 0.321. The molecule has 0 bridgehead atoms. The zero-order valence-corrected chi connectivity index (χ0v) is 12.3. The molecule has 0 aromatic heterocycles. The summed E-state index contributed by atoms with van der Waals surface area (Å²) in [6.07, 6.45) is 4.44. The lowest BCUT2D eigenvalue weighted by Gasteiger charge is -2.30. The van der Waals surface area contributed by atoms with Crippen LogP contribution >= 0.6 is 0 Å². The number of carbonyl (C=O) groups excluding carboxylic acids is 2. The van der Waals surface area contributed by atoms with Gasteiger partial charge in [0.25, 0.3) is 5.91 Å². The highest BCUT2D eigenvalue weighted by Gasteiger charge is 2.50. The third kappa shape index (κ3) is 2.77. The van der Waals surface area contributed by atoms with Gasteiger partial charge in [0.05, 0.1) is 6.54 Å². The van der Waals surface area contributed by atoms with Crippen molar-refractivity contribution in [2.75, 3.05) is 13.2 Å². The normalized spacial score (nSPS) is 20.3. The average molecular weight is 306 g/mol. The molecule has 1 aliphatic carbocycles. The second kappa shape index (κ2) is 5.94. The highest BCUT2D eigenvalue weighted by atomic mass is 19.1. The topological polar surface area (TPSA) is 58.6 Å². The van der Waals surface area contributed by atoms with Crippen LogP contribution in [0.3, 0.4) is 0 Å². The van der Waals surface area contributed by atoms with Crippen LogP contribution in [-0.4, -0.2) is 35.5 Å². The number of amides is 3. The number of hydrogen-bond acceptors (Lipinski definition) is 3. The van der Waals surface area contributed by atoms with E-state index in [0.29, 0.717) is 18.6 Å². The van der Waals surface area contributed by atoms with E-state index in [1.807, 2.05) is 0 Å². The average Bonchev–Trinajstić information content (AvgIpc) is 2.72. The highest BCUT2D eigenvalue weighted by molar-refractivity contribution is 6.07. The van der Waals surface area contributed by atoms with Gasteiger partial charge in [0, 0.05) is 6.07 Å². The number of ether oxygens (including phenoxy) is 1. The van der Waals surface area contributed by atoms with Crippen LogP contribution in [0.2, 0.25) is 0 Å². The van der Waals surface area contributed by atoms with Crippen LogP contribution in [0.4, 0.5) is 9.18 Å². The Morgan fingerprint density at radius 2 is 2.00 bits per heavy atom. The summed E-state index contributed by atoms with van der Waals surface area (Å²) in [7, 11) is 0. The van der Waals surface area contributed by atoms with Crippen LogP contribution < -0.4 is 10.1 Å². The van der Waals surface area contributed by atoms with Crippen molar-refractivity contribution in [1.82, 2.24) is 10.2 Å². The minimum absolute atomic E-state index is 0.151. The number of nitrogens with zero attached hydrogens (tertiary/aromatic N) is 1. The van der Waals surface area contributed by atoms with Gasteiger partial charge in [-0.2, -0.15) is 0 Å². The van der Waals surface area contributed by atoms with Crippen LogP contribution in [0, 0.1) is 5.82 Å². The van der Waals surface area contributed by atoms with E-state index in [9.17, 15) is 14.0 Å². The molecule has 1 aromatic rings. The number of benzene rings is 1. The van der Waals surface area contributed by atoms with E-state index in [1.54, 1.807) is 12.1 Å². The van der Waals surface area contributed by atoms with Crippen LogP contribution in [0.5, 0.6) is 5.75 Å².